The van der Waals surface area contributed by atoms with E-state index in [4.69, 9.17) is 0 Å². The van der Waals surface area contributed by atoms with Gasteiger partial charge in [-0.05, 0) is 43.1 Å². The second-order valence-electron chi connectivity index (χ2n) is 8.24. The predicted molar refractivity (Wildman–Crippen MR) is 96.1 cm³/mol. The van der Waals surface area contributed by atoms with Crippen molar-refractivity contribution in [2.45, 2.75) is 65.2 Å². The zero-order valence-corrected chi connectivity index (χ0v) is 15.6. The highest BCUT2D eigenvalue weighted by Gasteiger charge is 2.36. The van der Waals surface area contributed by atoms with Gasteiger partial charge in [-0.2, -0.15) is 11.8 Å². The van der Waals surface area contributed by atoms with Crippen molar-refractivity contribution in [2.24, 2.45) is 17.3 Å². The van der Waals surface area contributed by atoms with Gasteiger partial charge in [-0.15, -0.1) is 0 Å². The van der Waals surface area contributed by atoms with Gasteiger partial charge < -0.3 is 10.2 Å². The van der Waals surface area contributed by atoms with E-state index in [0.717, 1.165) is 29.7 Å². The van der Waals surface area contributed by atoms with Crippen molar-refractivity contribution in [3.05, 3.63) is 0 Å². The van der Waals surface area contributed by atoms with Crippen molar-refractivity contribution in [1.82, 2.24) is 10.2 Å². The van der Waals surface area contributed by atoms with Crippen LogP contribution in [0.5, 0.6) is 0 Å². The number of hydrogen-bond donors (Lipinski definition) is 1. The van der Waals surface area contributed by atoms with Crippen LogP contribution in [0.2, 0.25) is 0 Å². The fourth-order valence-electron chi connectivity index (χ4n) is 4.17. The summed E-state index contributed by atoms with van der Waals surface area (Å²) in [5.41, 5.74) is 0.473. The van der Waals surface area contributed by atoms with E-state index in [2.05, 4.69) is 56.6 Å². The summed E-state index contributed by atoms with van der Waals surface area (Å²) in [7, 11) is 0. The first kappa shape index (κ1) is 17.6. The van der Waals surface area contributed by atoms with Gasteiger partial charge in [0.2, 0.25) is 0 Å². The van der Waals surface area contributed by atoms with Crippen LogP contribution in [0.15, 0.2) is 0 Å². The topological polar surface area (TPSA) is 15.3 Å². The van der Waals surface area contributed by atoms with Crippen molar-refractivity contribution < 1.29 is 0 Å². The van der Waals surface area contributed by atoms with E-state index in [9.17, 15) is 0 Å². The number of nitrogens with zero attached hydrogens (tertiary/aromatic N) is 1. The molecule has 2 nitrogen and oxygen atoms in total. The fraction of sp³-hybridized carbons (Fsp3) is 1.00. The van der Waals surface area contributed by atoms with Crippen molar-refractivity contribution in [2.75, 3.05) is 31.9 Å². The molecule has 2 rings (SSSR count). The summed E-state index contributed by atoms with van der Waals surface area (Å²) in [6, 6.07) is 0.749. The molecule has 124 valence electrons. The molecule has 1 N–H and O–H groups in total. The first-order valence-electron chi connectivity index (χ1n) is 8.97. The summed E-state index contributed by atoms with van der Waals surface area (Å²) in [6.45, 7) is 17.0. The first-order chi connectivity index (χ1) is 9.90. The molecule has 1 aliphatic heterocycles. The van der Waals surface area contributed by atoms with Crippen LogP contribution < -0.4 is 5.32 Å². The van der Waals surface area contributed by atoms with Crippen LogP contribution in [-0.4, -0.2) is 48.1 Å². The van der Waals surface area contributed by atoms with Gasteiger partial charge in [-0.1, -0.05) is 34.6 Å². The normalized spacial score (nSPS) is 35.9. The van der Waals surface area contributed by atoms with Gasteiger partial charge in [-0.3, -0.25) is 0 Å². The lowest BCUT2D eigenvalue weighted by Gasteiger charge is -2.44. The Labute approximate surface area is 136 Å². The van der Waals surface area contributed by atoms with E-state index in [1.165, 1.54) is 44.6 Å². The lowest BCUT2D eigenvalue weighted by molar-refractivity contribution is 0.0888. The number of thioether (sulfide) groups is 1. The fourth-order valence-corrected chi connectivity index (χ4v) is 5.25. The minimum Gasteiger partial charge on any atom is -0.314 e. The molecule has 3 heteroatoms. The van der Waals surface area contributed by atoms with Crippen LogP contribution in [0.4, 0.5) is 0 Å². The maximum atomic E-state index is 3.78. The minimum atomic E-state index is 0.473. The molecule has 0 aromatic rings. The van der Waals surface area contributed by atoms with Crippen molar-refractivity contribution in [3.8, 4) is 0 Å². The highest BCUT2D eigenvalue weighted by Crippen LogP contribution is 2.40. The summed E-state index contributed by atoms with van der Waals surface area (Å²) < 4.78 is 0. The van der Waals surface area contributed by atoms with Crippen LogP contribution in [0.1, 0.15) is 53.9 Å². The highest BCUT2D eigenvalue weighted by atomic mass is 32.2. The van der Waals surface area contributed by atoms with E-state index in [0.29, 0.717) is 5.41 Å². The van der Waals surface area contributed by atoms with Crippen LogP contribution in [0.25, 0.3) is 0 Å². The van der Waals surface area contributed by atoms with Crippen LogP contribution in [-0.2, 0) is 0 Å². The third-order valence-corrected chi connectivity index (χ3v) is 6.63. The third kappa shape index (κ3) is 5.14. The summed E-state index contributed by atoms with van der Waals surface area (Å²) in [5, 5.41) is 4.59. The standard InChI is InChI=1S/C18H36N2S/c1-6-19-17-8-7-16(18(3,4)5)11-15(17)13-20-9-10-21-14(2)12-20/h14-17,19H,6-13H2,1-5H3. The molecule has 0 aromatic heterocycles. The molecule has 4 atom stereocenters. The maximum absolute atomic E-state index is 3.78. The number of rotatable bonds is 4. The Morgan fingerprint density at radius 1 is 1.24 bits per heavy atom. The Morgan fingerprint density at radius 2 is 2.00 bits per heavy atom. The van der Waals surface area contributed by atoms with Crippen LogP contribution in [0.3, 0.4) is 0 Å². The second kappa shape index (κ2) is 7.70. The van der Waals surface area contributed by atoms with Crippen LogP contribution in [0, 0.1) is 17.3 Å². The van der Waals surface area contributed by atoms with Gasteiger partial charge in [0.05, 0.1) is 0 Å². The monoisotopic (exact) mass is 312 g/mol. The average Bonchev–Trinajstić information content (AvgIpc) is 2.40. The Morgan fingerprint density at radius 3 is 2.62 bits per heavy atom. The highest BCUT2D eigenvalue weighted by molar-refractivity contribution is 7.99. The van der Waals surface area contributed by atoms with Gasteiger partial charge in [0, 0.05) is 36.7 Å². The summed E-state index contributed by atoms with van der Waals surface area (Å²) in [5.74, 6) is 3.06. The van der Waals surface area contributed by atoms with Crippen molar-refractivity contribution >= 4 is 11.8 Å². The van der Waals surface area contributed by atoms with E-state index in [1.807, 2.05) is 0 Å². The molecule has 0 bridgehead atoms. The number of nitrogens with one attached hydrogen (secondary N) is 1. The molecule has 0 spiro atoms. The molecule has 2 fully saturated rings. The lowest BCUT2D eigenvalue weighted by Crippen LogP contribution is -2.49. The number of hydrogen-bond acceptors (Lipinski definition) is 3. The first-order valence-corrected chi connectivity index (χ1v) is 10.0. The molecule has 0 amide bonds. The molecule has 1 heterocycles. The lowest BCUT2D eigenvalue weighted by atomic mass is 9.67. The largest absolute Gasteiger partial charge is 0.314 e. The van der Waals surface area contributed by atoms with Gasteiger partial charge in [0.15, 0.2) is 0 Å². The van der Waals surface area contributed by atoms with E-state index < -0.39 is 0 Å². The summed E-state index contributed by atoms with van der Waals surface area (Å²) in [6.07, 6.45) is 4.20. The van der Waals surface area contributed by atoms with E-state index >= 15 is 0 Å². The Balaban J connectivity index is 1.96. The third-order valence-electron chi connectivity index (χ3n) is 5.49. The molecule has 21 heavy (non-hydrogen) atoms. The van der Waals surface area contributed by atoms with E-state index in [1.54, 1.807) is 0 Å². The molecule has 1 saturated carbocycles. The Hall–Kier alpha value is 0.270. The summed E-state index contributed by atoms with van der Waals surface area (Å²) >= 11 is 2.14. The molecule has 4 unspecified atom stereocenters. The molecule has 1 saturated heterocycles. The van der Waals surface area contributed by atoms with Gasteiger partial charge in [0.1, 0.15) is 0 Å². The SMILES string of the molecule is CCNC1CCC(C(C)(C)C)CC1CN1CCSC(C)C1. The zero-order valence-electron chi connectivity index (χ0n) is 14.8. The average molecular weight is 313 g/mol. The zero-order chi connectivity index (χ0) is 15.5. The van der Waals surface area contributed by atoms with E-state index in [-0.39, 0.29) is 0 Å². The smallest absolute Gasteiger partial charge is 0.0147 e. The van der Waals surface area contributed by atoms with Gasteiger partial charge >= 0.3 is 0 Å². The Kier molecular flexibility index (Phi) is 6.46. The predicted octanol–water partition coefficient (Wildman–Crippen LogP) is 3.86. The maximum Gasteiger partial charge on any atom is 0.0147 e. The summed E-state index contributed by atoms with van der Waals surface area (Å²) in [4.78, 5) is 2.74. The Bertz CT molecular complexity index is 313. The molecular formula is C18H36N2S. The quantitative estimate of drug-likeness (QED) is 0.848. The van der Waals surface area contributed by atoms with Crippen molar-refractivity contribution in [3.63, 3.8) is 0 Å². The molecule has 0 aromatic carbocycles. The molecular weight excluding hydrogens is 276 g/mol. The van der Waals surface area contributed by atoms with Gasteiger partial charge in [0.25, 0.3) is 0 Å². The molecule has 1 aliphatic carbocycles. The van der Waals surface area contributed by atoms with Crippen molar-refractivity contribution in [1.29, 1.82) is 0 Å². The molecule has 2 aliphatic rings. The van der Waals surface area contributed by atoms with Gasteiger partial charge in [-0.25, -0.2) is 0 Å². The second-order valence-corrected chi connectivity index (χ2v) is 9.79. The van der Waals surface area contributed by atoms with Crippen LogP contribution >= 0.6 is 11.8 Å². The molecule has 0 radical (unpaired) electrons. The minimum absolute atomic E-state index is 0.473.